The third kappa shape index (κ3) is 7.60. The zero-order valence-corrected chi connectivity index (χ0v) is 17.6. The van der Waals surface area contributed by atoms with Crippen LogP contribution in [0.5, 0.6) is 5.75 Å². The third-order valence-electron chi connectivity index (χ3n) is 4.75. The Labute approximate surface area is 173 Å². The fraction of sp³-hybridized carbons (Fsp3) is 0.417. The van der Waals surface area contributed by atoms with Crippen molar-refractivity contribution < 1.29 is 19.1 Å². The van der Waals surface area contributed by atoms with Crippen LogP contribution in [0.25, 0.3) is 6.08 Å². The van der Waals surface area contributed by atoms with Crippen molar-refractivity contribution in [1.29, 1.82) is 0 Å². The van der Waals surface area contributed by atoms with Crippen molar-refractivity contribution in [3.05, 3.63) is 65.4 Å². The highest BCUT2D eigenvalue weighted by molar-refractivity contribution is 5.62. The van der Waals surface area contributed by atoms with Crippen LogP contribution in [-0.4, -0.2) is 22.7 Å². The number of carbonyl (C=O) groups is 1. The maximum atomic E-state index is 9.00. The fourth-order valence-electron chi connectivity index (χ4n) is 3.13. The van der Waals surface area contributed by atoms with E-state index in [1.165, 1.54) is 30.4 Å². The number of carboxylic acid groups (broad SMARTS) is 1. The molecule has 0 radical (unpaired) electrons. The first kappa shape index (κ1) is 22.5. The van der Waals surface area contributed by atoms with Gasteiger partial charge in [0.25, 0.3) is 5.97 Å². The third-order valence-corrected chi connectivity index (χ3v) is 4.75. The molecule has 1 unspecified atom stereocenters. The predicted octanol–water partition coefficient (Wildman–Crippen LogP) is 5.41. The molecule has 5 nitrogen and oxygen atoms in total. The normalized spacial score (nSPS) is 13.5. The van der Waals surface area contributed by atoms with E-state index in [1.807, 2.05) is 19.1 Å². The number of carboxylic acids is 1. The molecule has 0 amide bonds. The Hall–Kier alpha value is -2.82. The van der Waals surface area contributed by atoms with Gasteiger partial charge in [0.15, 0.2) is 0 Å². The van der Waals surface area contributed by atoms with Crippen molar-refractivity contribution in [3.63, 3.8) is 0 Å². The Kier molecular flexibility index (Phi) is 8.71. The monoisotopic (exact) mass is 397 g/mol. The highest BCUT2D eigenvalue weighted by Crippen LogP contribution is 2.26. The number of benzene rings is 1. The van der Waals surface area contributed by atoms with Gasteiger partial charge < -0.3 is 14.3 Å². The number of nitrogens with zero attached hydrogens (tertiary/aromatic N) is 1. The fourth-order valence-corrected chi connectivity index (χ4v) is 3.13. The summed E-state index contributed by atoms with van der Waals surface area (Å²) in [5.41, 5.74) is 3.85. The standard InChI is InChI=1S/C22H27NO2.C2H4O2/c1-4-16(2)7-5-10-22-23-17(3)21(25-22)13-14-24-20-12-11-18-8-6-9-19(18)15-20;1-2(3)4/h4-5,10-12,15-16H,1,6-9,13-14H2,2-3H3;1H3,(H,3,4)/b10-5+;. The van der Waals surface area contributed by atoms with Gasteiger partial charge in [-0.3, -0.25) is 4.79 Å². The van der Waals surface area contributed by atoms with Crippen molar-refractivity contribution in [3.8, 4) is 5.75 Å². The minimum absolute atomic E-state index is 0.465. The van der Waals surface area contributed by atoms with E-state index in [2.05, 4.69) is 42.8 Å². The second kappa shape index (κ2) is 11.2. The molecule has 1 aliphatic rings. The molecule has 1 aromatic carbocycles. The number of aliphatic carboxylic acids is 1. The number of oxazole rings is 1. The summed E-state index contributed by atoms with van der Waals surface area (Å²) in [5.74, 6) is 2.16. The van der Waals surface area contributed by atoms with Gasteiger partial charge in [0, 0.05) is 13.3 Å². The summed E-state index contributed by atoms with van der Waals surface area (Å²) >= 11 is 0. The number of allylic oxidation sites excluding steroid dienone is 2. The SMILES string of the molecule is C=CC(C)C/C=C/c1nc(C)c(CCOc2ccc3c(c2)CCC3)o1.CC(=O)O. The highest BCUT2D eigenvalue weighted by Gasteiger charge is 2.12. The molecule has 0 bridgehead atoms. The summed E-state index contributed by atoms with van der Waals surface area (Å²) < 4.78 is 11.7. The van der Waals surface area contributed by atoms with Gasteiger partial charge in [0.05, 0.1) is 12.3 Å². The summed E-state index contributed by atoms with van der Waals surface area (Å²) in [6, 6.07) is 6.46. The first-order valence-electron chi connectivity index (χ1n) is 10.1. The average Bonchev–Trinajstić information content (AvgIpc) is 3.27. The zero-order chi connectivity index (χ0) is 21.2. The molecule has 1 aliphatic carbocycles. The second-order valence-corrected chi connectivity index (χ2v) is 7.31. The van der Waals surface area contributed by atoms with Crippen LogP contribution in [0.1, 0.15) is 55.2 Å². The van der Waals surface area contributed by atoms with Crippen molar-refractivity contribution in [2.75, 3.05) is 6.61 Å². The van der Waals surface area contributed by atoms with Gasteiger partial charge in [0.2, 0.25) is 5.89 Å². The molecule has 0 spiro atoms. The Bertz CT molecular complexity index is 847. The lowest BCUT2D eigenvalue weighted by Gasteiger charge is -2.07. The number of rotatable bonds is 8. The van der Waals surface area contributed by atoms with Crippen LogP contribution in [0.15, 0.2) is 41.3 Å². The molecule has 0 saturated heterocycles. The Balaban J connectivity index is 0.000000687. The maximum absolute atomic E-state index is 9.00. The minimum atomic E-state index is -0.833. The van der Waals surface area contributed by atoms with Gasteiger partial charge in [-0.05, 0) is 67.9 Å². The Morgan fingerprint density at radius 1 is 1.38 bits per heavy atom. The highest BCUT2D eigenvalue weighted by atomic mass is 16.5. The summed E-state index contributed by atoms with van der Waals surface area (Å²) in [4.78, 5) is 13.5. The lowest BCUT2D eigenvalue weighted by Crippen LogP contribution is -2.02. The van der Waals surface area contributed by atoms with E-state index in [-0.39, 0.29) is 0 Å². The molecule has 1 aromatic heterocycles. The quantitative estimate of drug-likeness (QED) is 0.603. The van der Waals surface area contributed by atoms with Crippen molar-refractivity contribution in [2.24, 2.45) is 5.92 Å². The van der Waals surface area contributed by atoms with Crippen molar-refractivity contribution >= 4 is 12.0 Å². The molecule has 3 rings (SSSR count). The lowest BCUT2D eigenvalue weighted by atomic mass is 10.1. The number of aromatic nitrogens is 1. The molecule has 29 heavy (non-hydrogen) atoms. The van der Waals surface area contributed by atoms with Crippen molar-refractivity contribution in [2.45, 2.75) is 52.9 Å². The summed E-state index contributed by atoms with van der Waals surface area (Å²) in [7, 11) is 0. The largest absolute Gasteiger partial charge is 0.493 e. The Morgan fingerprint density at radius 2 is 2.10 bits per heavy atom. The zero-order valence-electron chi connectivity index (χ0n) is 17.6. The summed E-state index contributed by atoms with van der Waals surface area (Å²) in [6.07, 6.45) is 11.3. The molecule has 0 saturated carbocycles. The van der Waals surface area contributed by atoms with Gasteiger partial charge in [-0.15, -0.1) is 6.58 Å². The maximum Gasteiger partial charge on any atom is 0.300 e. The molecule has 0 fully saturated rings. The lowest BCUT2D eigenvalue weighted by molar-refractivity contribution is -0.134. The van der Waals surface area contributed by atoms with E-state index in [1.54, 1.807) is 0 Å². The first-order chi connectivity index (χ1) is 13.9. The van der Waals surface area contributed by atoms with Crippen LogP contribution in [0.2, 0.25) is 0 Å². The molecular formula is C24H31NO4. The summed E-state index contributed by atoms with van der Waals surface area (Å²) in [5, 5.41) is 7.42. The molecule has 1 heterocycles. The van der Waals surface area contributed by atoms with E-state index in [0.717, 1.165) is 37.0 Å². The smallest absolute Gasteiger partial charge is 0.300 e. The predicted molar refractivity (Wildman–Crippen MR) is 115 cm³/mol. The topological polar surface area (TPSA) is 72.6 Å². The van der Waals surface area contributed by atoms with E-state index >= 15 is 0 Å². The number of hydrogen-bond donors (Lipinski definition) is 1. The van der Waals surface area contributed by atoms with Gasteiger partial charge in [-0.25, -0.2) is 4.98 Å². The van der Waals surface area contributed by atoms with Crippen LogP contribution < -0.4 is 4.74 Å². The van der Waals surface area contributed by atoms with Crippen LogP contribution in [0.3, 0.4) is 0 Å². The van der Waals surface area contributed by atoms with Gasteiger partial charge in [-0.2, -0.15) is 0 Å². The molecule has 156 valence electrons. The van der Waals surface area contributed by atoms with E-state index in [0.29, 0.717) is 18.4 Å². The van der Waals surface area contributed by atoms with Crippen LogP contribution >= 0.6 is 0 Å². The van der Waals surface area contributed by atoms with E-state index < -0.39 is 5.97 Å². The number of fused-ring (bicyclic) bond motifs is 1. The van der Waals surface area contributed by atoms with Crippen LogP contribution in [0.4, 0.5) is 0 Å². The van der Waals surface area contributed by atoms with Gasteiger partial charge in [-0.1, -0.05) is 25.1 Å². The molecular weight excluding hydrogens is 366 g/mol. The molecule has 1 atom stereocenters. The number of aryl methyl sites for hydroxylation is 3. The van der Waals surface area contributed by atoms with E-state index in [4.69, 9.17) is 19.1 Å². The Morgan fingerprint density at radius 3 is 2.83 bits per heavy atom. The number of ether oxygens (including phenoxy) is 1. The minimum Gasteiger partial charge on any atom is -0.493 e. The molecule has 2 aromatic rings. The molecule has 1 N–H and O–H groups in total. The molecule has 0 aliphatic heterocycles. The average molecular weight is 398 g/mol. The van der Waals surface area contributed by atoms with Gasteiger partial charge >= 0.3 is 0 Å². The molecule has 5 heteroatoms. The summed E-state index contributed by atoms with van der Waals surface area (Å²) in [6.45, 7) is 9.60. The number of hydrogen-bond acceptors (Lipinski definition) is 4. The first-order valence-corrected chi connectivity index (χ1v) is 10.1. The van der Waals surface area contributed by atoms with E-state index in [9.17, 15) is 0 Å². The van der Waals surface area contributed by atoms with Crippen LogP contribution in [-0.2, 0) is 24.1 Å². The van der Waals surface area contributed by atoms with Crippen LogP contribution in [0, 0.1) is 12.8 Å². The van der Waals surface area contributed by atoms with Crippen molar-refractivity contribution in [1.82, 2.24) is 4.98 Å². The van der Waals surface area contributed by atoms with Gasteiger partial charge in [0.1, 0.15) is 11.5 Å². The second-order valence-electron chi connectivity index (χ2n) is 7.31.